The Bertz CT molecular complexity index is 422. The minimum Gasteiger partial charge on any atom is -0.491 e. The molecule has 112 valence electrons. The lowest BCUT2D eigenvalue weighted by atomic mass is 9.87. The first kappa shape index (κ1) is 15.3. The highest BCUT2D eigenvalue weighted by Crippen LogP contribution is 2.32. The van der Waals surface area contributed by atoms with Crippen LogP contribution < -0.4 is 10.1 Å². The fraction of sp³-hybridized carbons (Fsp3) is 0.625. The average molecular weight is 279 g/mol. The SMILES string of the molecule is CCCNC1CCCc2ccc(OCC(O)CO)cc21. The van der Waals surface area contributed by atoms with Crippen LogP contribution in [0.4, 0.5) is 0 Å². The van der Waals surface area contributed by atoms with Gasteiger partial charge < -0.3 is 20.3 Å². The van der Waals surface area contributed by atoms with Crippen LogP contribution in [0.5, 0.6) is 5.75 Å². The van der Waals surface area contributed by atoms with E-state index in [1.165, 1.54) is 17.5 Å². The predicted molar refractivity (Wildman–Crippen MR) is 79.0 cm³/mol. The molecule has 1 aromatic rings. The summed E-state index contributed by atoms with van der Waals surface area (Å²) in [5, 5.41) is 21.7. The Morgan fingerprint density at radius 2 is 2.30 bits per heavy atom. The van der Waals surface area contributed by atoms with E-state index in [-0.39, 0.29) is 13.2 Å². The maximum absolute atomic E-state index is 9.34. The van der Waals surface area contributed by atoms with Gasteiger partial charge in [-0.15, -0.1) is 0 Å². The number of hydrogen-bond acceptors (Lipinski definition) is 4. The Morgan fingerprint density at radius 1 is 1.45 bits per heavy atom. The van der Waals surface area contributed by atoms with Crippen LogP contribution in [0.1, 0.15) is 43.4 Å². The van der Waals surface area contributed by atoms with E-state index < -0.39 is 6.10 Å². The number of aliphatic hydroxyl groups is 2. The van der Waals surface area contributed by atoms with Gasteiger partial charge >= 0.3 is 0 Å². The largest absolute Gasteiger partial charge is 0.491 e. The van der Waals surface area contributed by atoms with Crippen LogP contribution >= 0.6 is 0 Å². The van der Waals surface area contributed by atoms with Crippen molar-refractivity contribution in [3.63, 3.8) is 0 Å². The standard InChI is InChI=1S/C16H25NO3/c1-2-8-17-16-5-3-4-12-6-7-14(9-15(12)16)20-11-13(19)10-18/h6-7,9,13,16-19H,2-5,8,10-11H2,1H3. The van der Waals surface area contributed by atoms with Crippen molar-refractivity contribution in [2.24, 2.45) is 0 Å². The Labute approximate surface area is 120 Å². The number of ether oxygens (including phenoxy) is 1. The second-order valence-corrected chi connectivity index (χ2v) is 5.41. The first-order valence-electron chi connectivity index (χ1n) is 7.52. The number of aryl methyl sites for hydroxylation is 1. The fourth-order valence-electron chi connectivity index (χ4n) is 2.64. The summed E-state index contributed by atoms with van der Waals surface area (Å²) in [4.78, 5) is 0. The second-order valence-electron chi connectivity index (χ2n) is 5.41. The van der Waals surface area contributed by atoms with Gasteiger partial charge in [-0.3, -0.25) is 0 Å². The fourth-order valence-corrected chi connectivity index (χ4v) is 2.64. The average Bonchev–Trinajstić information content (AvgIpc) is 2.50. The number of hydrogen-bond donors (Lipinski definition) is 3. The van der Waals surface area contributed by atoms with Gasteiger partial charge in [-0.05, 0) is 55.5 Å². The third-order valence-corrected chi connectivity index (χ3v) is 3.73. The van der Waals surface area contributed by atoms with Crippen LogP contribution in [0.25, 0.3) is 0 Å². The van der Waals surface area contributed by atoms with Crippen molar-refractivity contribution in [3.05, 3.63) is 29.3 Å². The van der Waals surface area contributed by atoms with Gasteiger partial charge in [0.2, 0.25) is 0 Å². The molecule has 1 aliphatic carbocycles. The lowest BCUT2D eigenvalue weighted by Gasteiger charge is -2.27. The highest BCUT2D eigenvalue weighted by atomic mass is 16.5. The molecule has 0 saturated carbocycles. The van der Waals surface area contributed by atoms with Gasteiger partial charge in [-0.2, -0.15) is 0 Å². The lowest BCUT2D eigenvalue weighted by Crippen LogP contribution is -2.26. The van der Waals surface area contributed by atoms with Crippen molar-refractivity contribution in [1.82, 2.24) is 5.32 Å². The highest BCUT2D eigenvalue weighted by molar-refractivity contribution is 5.39. The molecule has 0 fully saturated rings. The smallest absolute Gasteiger partial charge is 0.119 e. The Balaban J connectivity index is 2.06. The van der Waals surface area contributed by atoms with Gasteiger partial charge in [0.15, 0.2) is 0 Å². The van der Waals surface area contributed by atoms with Gasteiger partial charge in [0.1, 0.15) is 18.5 Å². The molecule has 0 aromatic heterocycles. The van der Waals surface area contributed by atoms with Crippen LogP contribution in [0.3, 0.4) is 0 Å². The van der Waals surface area contributed by atoms with Gasteiger partial charge in [0, 0.05) is 6.04 Å². The minimum atomic E-state index is -0.819. The van der Waals surface area contributed by atoms with Crippen molar-refractivity contribution in [2.45, 2.75) is 44.8 Å². The van der Waals surface area contributed by atoms with E-state index in [0.29, 0.717) is 6.04 Å². The summed E-state index contributed by atoms with van der Waals surface area (Å²) in [7, 11) is 0. The molecule has 0 saturated heterocycles. The summed E-state index contributed by atoms with van der Waals surface area (Å²) < 4.78 is 5.54. The third-order valence-electron chi connectivity index (χ3n) is 3.73. The monoisotopic (exact) mass is 279 g/mol. The molecule has 0 amide bonds. The molecule has 0 heterocycles. The molecule has 1 aromatic carbocycles. The molecule has 0 aliphatic heterocycles. The van der Waals surface area contributed by atoms with Crippen LogP contribution in [0.15, 0.2) is 18.2 Å². The maximum Gasteiger partial charge on any atom is 0.119 e. The van der Waals surface area contributed by atoms with E-state index in [4.69, 9.17) is 9.84 Å². The lowest BCUT2D eigenvalue weighted by molar-refractivity contribution is 0.0535. The van der Waals surface area contributed by atoms with E-state index in [1.54, 1.807) is 0 Å². The molecular formula is C16H25NO3. The van der Waals surface area contributed by atoms with Crippen molar-refractivity contribution in [1.29, 1.82) is 0 Å². The Kier molecular flexibility index (Phi) is 5.83. The van der Waals surface area contributed by atoms with Crippen molar-refractivity contribution >= 4 is 0 Å². The summed E-state index contributed by atoms with van der Waals surface area (Å²) in [6, 6.07) is 6.55. The maximum atomic E-state index is 9.34. The minimum absolute atomic E-state index is 0.127. The van der Waals surface area contributed by atoms with E-state index >= 15 is 0 Å². The molecule has 2 atom stereocenters. The van der Waals surface area contributed by atoms with Gasteiger partial charge in [-0.25, -0.2) is 0 Å². The van der Waals surface area contributed by atoms with E-state index in [2.05, 4.69) is 24.4 Å². The summed E-state index contributed by atoms with van der Waals surface area (Å²) in [5.41, 5.74) is 2.71. The zero-order chi connectivity index (χ0) is 14.4. The first-order chi connectivity index (χ1) is 9.74. The summed E-state index contributed by atoms with van der Waals surface area (Å²) in [5.74, 6) is 0.765. The predicted octanol–water partition coefficient (Wildman–Crippen LogP) is 1.80. The molecular weight excluding hydrogens is 254 g/mol. The molecule has 3 N–H and O–H groups in total. The molecule has 1 aliphatic rings. The third kappa shape index (κ3) is 3.95. The molecule has 0 spiro atoms. The number of fused-ring (bicyclic) bond motifs is 1. The number of nitrogens with one attached hydrogen (secondary N) is 1. The van der Waals surface area contributed by atoms with Gasteiger partial charge in [-0.1, -0.05) is 13.0 Å². The molecule has 0 bridgehead atoms. The van der Waals surface area contributed by atoms with Crippen molar-refractivity contribution in [3.8, 4) is 5.75 Å². The van der Waals surface area contributed by atoms with E-state index in [0.717, 1.165) is 31.6 Å². The van der Waals surface area contributed by atoms with Crippen LogP contribution in [0, 0.1) is 0 Å². The number of rotatable bonds is 7. The number of aliphatic hydroxyl groups excluding tert-OH is 2. The summed E-state index contributed by atoms with van der Waals surface area (Å²) in [6.07, 6.45) is 3.82. The van der Waals surface area contributed by atoms with Crippen LogP contribution in [0.2, 0.25) is 0 Å². The van der Waals surface area contributed by atoms with Crippen molar-refractivity contribution < 1.29 is 14.9 Å². The zero-order valence-electron chi connectivity index (χ0n) is 12.1. The molecule has 0 radical (unpaired) electrons. The molecule has 20 heavy (non-hydrogen) atoms. The molecule has 2 unspecified atom stereocenters. The van der Waals surface area contributed by atoms with E-state index in [1.807, 2.05) is 6.07 Å². The number of benzene rings is 1. The topological polar surface area (TPSA) is 61.7 Å². The highest BCUT2D eigenvalue weighted by Gasteiger charge is 2.20. The van der Waals surface area contributed by atoms with Gasteiger partial charge in [0.25, 0.3) is 0 Å². The molecule has 4 heteroatoms. The van der Waals surface area contributed by atoms with Crippen LogP contribution in [-0.2, 0) is 6.42 Å². The quantitative estimate of drug-likeness (QED) is 0.712. The van der Waals surface area contributed by atoms with Gasteiger partial charge in [0.05, 0.1) is 6.61 Å². The normalized spacial score (nSPS) is 19.4. The second kappa shape index (κ2) is 7.62. The molecule has 2 rings (SSSR count). The summed E-state index contributed by atoms with van der Waals surface area (Å²) >= 11 is 0. The Hall–Kier alpha value is -1.10. The first-order valence-corrected chi connectivity index (χ1v) is 7.52. The zero-order valence-corrected chi connectivity index (χ0v) is 12.1. The van der Waals surface area contributed by atoms with E-state index in [9.17, 15) is 5.11 Å². The van der Waals surface area contributed by atoms with Crippen LogP contribution in [-0.4, -0.2) is 36.1 Å². The molecule has 4 nitrogen and oxygen atoms in total. The summed E-state index contributed by atoms with van der Waals surface area (Å²) in [6.45, 7) is 3.05. The Morgan fingerprint density at radius 3 is 3.05 bits per heavy atom. The van der Waals surface area contributed by atoms with Crippen molar-refractivity contribution in [2.75, 3.05) is 19.8 Å².